The summed E-state index contributed by atoms with van der Waals surface area (Å²) in [5, 5.41) is 17.8. The standard InChI is InChI=1S/C20H26N4O7/c1-20(10-15(22-31-20)11-21-18(27)8-9-19(28)29)23(2)24(14-25)12-16(26)13-30-17-6-4-3-5-7-17/h3-7,14H,8-13H2,1-2H3,(H,21,27)(H,28,29). The number of carbonyl (C=O) groups is 4. The minimum absolute atomic E-state index is 0.0901. The molecule has 2 rings (SSSR count). The lowest BCUT2D eigenvalue weighted by Gasteiger charge is -2.38. The molecule has 11 heteroatoms. The van der Waals surface area contributed by atoms with Gasteiger partial charge < -0.3 is 20.0 Å². The van der Waals surface area contributed by atoms with E-state index < -0.39 is 17.6 Å². The van der Waals surface area contributed by atoms with Crippen molar-refractivity contribution in [3.05, 3.63) is 30.3 Å². The molecule has 0 saturated heterocycles. The van der Waals surface area contributed by atoms with Crippen molar-refractivity contribution in [2.75, 3.05) is 26.7 Å². The normalized spacial score (nSPS) is 17.5. The molecule has 0 spiro atoms. The molecule has 1 aliphatic heterocycles. The molecular formula is C20H26N4O7. The molecule has 1 aromatic rings. The van der Waals surface area contributed by atoms with E-state index in [1.165, 1.54) is 10.0 Å². The Hall–Kier alpha value is -3.47. The van der Waals surface area contributed by atoms with Gasteiger partial charge in [-0.05, 0) is 19.1 Å². The zero-order valence-electron chi connectivity index (χ0n) is 17.4. The average Bonchev–Trinajstić information content (AvgIpc) is 3.15. The highest BCUT2D eigenvalue weighted by Gasteiger charge is 2.41. The van der Waals surface area contributed by atoms with Crippen LogP contribution in [0.15, 0.2) is 35.5 Å². The Morgan fingerprint density at radius 1 is 1.29 bits per heavy atom. The van der Waals surface area contributed by atoms with Gasteiger partial charge in [-0.3, -0.25) is 24.2 Å². The van der Waals surface area contributed by atoms with E-state index in [9.17, 15) is 19.2 Å². The molecule has 11 nitrogen and oxygen atoms in total. The number of ether oxygens (including phenoxy) is 1. The summed E-state index contributed by atoms with van der Waals surface area (Å²) in [6.07, 6.45) is 0.390. The molecule has 0 fully saturated rings. The topological polar surface area (TPSA) is 138 Å². The number of amides is 2. The highest BCUT2D eigenvalue weighted by Crippen LogP contribution is 2.27. The van der Waals surface area contributed by atoms with Crippen LogP contribution >= 0.6 is 0 Å². The number of hydrogen-bond acceptors (Lipinski definition) is 8. The molecule has 1 atom stereocenters. The fourth-order valence-corrected chi connectivity index (χ4v) is 2.78. The van der Waals surface area contributed by atoms with Crippen molar-refractivity contribution < 1.29 is 33.9 Å². The molecule has 2 N–H and O–H groups in total. The maximum absolute atomic E-state index is 12.2. The fourth-order valence-electron chi connectivity index (χ4n) is 2.78. The van der Waals surface area contributed by atoms with Crippen LogP contribution in [-0.4, -0.2) is 77.4 Å². The third-order valence-corrected chi connectivity index (χ3v) is 4.63. The van der Waals surface area contributed by atoms with Gasteiger partial charge in [0.15, 0.2) is 5.78 Å². The Bertz CT molecular complexity index is 830. The van der Waals surface area contributed by atoms with E-state index >= 15 is 0 Å². The van der Waals surface area contributed by atoms with Crippen LogP contribution < -0.4 is 10.1 Å². The third kappa shape index (κ3) is 7.37. The average molecular weight is 434 g/mol. The van der Waals surface area contributed by atoms with Gasteiger partial charge in [-0.1, -0.05) is 23.4 Å². The predicted octanol–water partition coefficient (Wildman–Crippen LogP) is 0.413. The number of benzene rings is 1. The van der Waals surface area contributed by atoms with Gasteiger partial charge in [-0.2, -0.15) is 5.01 Å². The van der Waals surface area contributed by atoms with E-state index in [1.807, 2.05) is 6.07 Å². The first-order chi connectivity index (χ1) is 14.7. The van der Waals surface area contributed by atoms with Gasteiger partial charge >= 0.3 is 5.97 Å². The smallest absolute Gasteiger partial charge is 0.303 e. The number of carbonyl (C=O) groups excluding carboxylic acids is 3. The van der Waals surface area contributed by atoms with Crippen LogP contribution in [0.5, 0.6) is 5.75 Å². The van der Waals surface area contributed by atoms with E-state index in [4.69, 9.17) is 14.7 Å². The van der Waals surface area contributed by atoms with Crippen molar-refractivity contribution in [1.29, 1.82) is 0 Å². The van der Waals surface area contributed by atoms with E-state index in [2.05, 4.69) is 10.5 Å². The SMILES string of the molecule is CN(N(C=O)CC(=O)COc1ccccc1)C1(C)CC(CNC(=O)CCC(=O)O)=NO1. The van der Waals surface area contributed by atoms with Crippen molar-refractivity contribution in [2.45, 2.75) is 31.9 Å². The second-order valence-electron chi connectivity index (χ2n) is 7.14. The van der Waals surface area contributed by atoms with Crippen LogP contribution in [0.25, 0.3) is 0 Å². The highest BCUT2D eigenvalue weighted by molar-refractivity contribution is 5.91. The largest absolute Gasteiger partial charge is 0.486 e. The summed E-state index contributed by atoms with van der Waals surface area (Å²) in [6.45, 7) is 1.38. The van der Waals surface area contributed by atoms with Gasteiger partial charge in [0.2, 0.25) is 18.0 Å². The number of oxime groups is 1. The van der Waals surface area contributed by atoms with Crippen LogP contribution in [0.1, 0.15) is 26.2 Å². The zero-order chi connectivity index (χ0) is 22.9. The first-order valence-corrected chi connectivity index (χ1v) is 9.61. The van der Waals surface area contributed by atoms with Crippen molar-refractivity contribution in [3.63, 3.8) is 0 Å². The Morgan fingerprint density at radius 2 is 2.00 bits per heavy atom. The summed E-state index contributed by atoms with van der Waals surface area (Å²) in [5.74, 6) is -1.22. The summed E-state index contributed by atoms with van der Waals surface area (Å²) >= 11 is 0. The number of carboxylic acid groups (broad SMARTS) is 1. The van der Waals surface area contributed by atoms with Gasteiger partial charge in [0.1, 0.15) is 12.4 Å². The molecule has 1 aromatic carbocycles. The molecule has 0 radical (unpaired) electrons. The number of nitrogens with one attached hydrogen (secondary N) is 1. The van der Waals surface area contributed by atoms with Crippen molar-refractivity contribution in [2.24, 2.45) is 5.16 Å². The van der Waals surface area contributed by atoms with Gasteiger partial charge in [0, 0.05) is 19.9 Å². The Balaban J connectivity index is 1.82. The molecule has 1 aliphatic rings. The molecule has 2 amide bonds. The molecule has 0 bridgehead atoms. The van der Waals surface area contributed by atoms with Crippen molar-refractivity contribution in [1.82, 2.24) is 15.3 Å². The van der Waals surface area contributed by atoms with Crippen LogP contribution in [0.4, 0.5) is 0 Å². The van der Waals surface area contributed by atoms with E-state index in [0.717, 1.165) is 0 Å². The number of hydrazine groups is 1. The number of rotatable bonds is 13. The molecule has 1 unspecified atom stereocenters. The third-order valence-electron chi connectivity index (χ3n) is 4.63. The summed E-state index contributed by atoms with van der Waals surface area (Å²) < 4.78 is 5.41. The van der Waals surface area contributed by atoms with Crippen LogP contribution in [0.3, 0.4) is 0 Å². The number of hydrogen-bond donors (Lipinski definition) is 2. The molecule has 0 aliphatic carbocycles. The molecule has 0 saturated carbocycles. The number of carboxylic acids is 1. The number of para-hydroxylation sites is 1. The Morgan fingerprint density at radius 3 is 2.65 bits per heavy atom. The Kier molecular flexibility index (Phi) is 8.50. The van der Waals surface area contributed by atoms with E-state index in [-0.39, 0.29) is 44.7 Å². The van der Waals surface area contributed by atoms with E-state index in [1.54, 1.807) is 38.2 Å². The second-order valence-corrected chi connectivity index (χ2v) is 7.14. The molecular weight excluding hydrogens is 408 g/mol. The lowest BCUT2D eigenvalue weighted by molar-refractivity contribution is -0.201. The fraction of sp³-hybridized carbons (Fsp3) is 0.450. The van der Waals surface area contributed by atoms with Crippen LogP contribution in [0.2, 0.25) is 0 Å². The quantitative estimate of drug-likeness (QED) is 0.336. The lowest BCUT2D eigenvalue weighted by Crippen LogP contribution is -2.55. The number of Topliss-reactive ketones (excluding diaryl/α,β-unsaturated/α-hetero) is 1. The van der Waals surface area contributed by atoms with Crippen molar-refractivity contribution >= 4 is 29.8 Å². The first-order valence-electron chi connectivity index (χ1n) is 9.61. The monoisotopic (exact) mass is 434 g/mol. The first kappa shape index (κ1) is 23.8. The van der Waals surface area contributed by atoms with E-state index in [0.29, 0.717) is 17.9 Å². The Labute approximate surface area is 179 Å². The summed E-state index contributed by atoms with van der Waals surface area (Å²) in [5.41, 5.74) is -0.523. The second kappa shape index (κ2) is 11.1. The summed E-state index contributed by atoms with van der Waals surface area (Å²) in [4.78, 5) is 51.5. The predicted molar refractivity (Wildman–Crippen MR) is 109 cm³/mol. The molecule has 168 valence electrons. The summed E-state index contributed by atoms with van der Waals surface area (Å²) in [7, 11) is 1.59. The lowest BCUT2D eigenvalue weighted by atomic mass is 10.1. The van der Waals surface area contributed by atoms with Crippen molar-refractivity contribution in [3.8, 4) is 5.75 Å². The maximum Gasteiger partial charge on any atom is 0.303 e. The summed E-state index contributed by atoms with van der Waals surface area (Å²) in [6, 6.07) is 8.86. The minimum atomic E-state index is -1.05. The molecule has 0 aromatic heterocycles. The number of nitrogens with zero attached hydrogens (tertiary/aromatic N) is 3. The number of ketones is 1. The van der Waals surface area contributed by atoms with Gasteiger partial charge in [0.25, 0.3) is 0 Å². The van der Waals surface area contributed by atoms with Gasteiger partial charge in [-0.15, -0.1) is 0 Å². The molecule has 31 heavy (non-hydrogen) atoms. The van der Waals surface area contributed by atoms with Crippen LogP contribution in [-0.2, 0) is 24.0 Å². The van der Waals surface area contributed by atoms with Crippen LogP contribution in [0, 0.1) is 0 Å². The minimum Gasteiger partial charge on any atom is -0.486 e. The zero-order valence-corrected chi connectivity index (χ0v) is 17.4. The van der Waals surface area contributed by atoms with Gasteiger partial charge in [0.05, 0.1) is 25.2 Å². The molecule has 1 heterocycles. The van der Waals surface area contributed by atoms with Gasteiger partial charge in [-0.25, -0.2) is 0 Å². The maximum atomic E-state index is 12.2. The highest BCUT2D eigenvalue weighted by atomic mass is 16.7. The number of aliphatic carboxylic acids is 1.